The molecule has 0 unspecified atom stereocenters. The number of hydrogen-bond donors (Lipinski definition) is 2. The molecule has 0 aliphatic heterocycles. The van der Waals surface area contributed by atoms with E-state index in [1.807, 2.05) is 36.4 Å². The van der Waals surface area contributed by atoms with Crippen LogP contribution >= 0.6 is 11.8 Å². The average Bonchev–Trinajstić information content (AvgIpc) is 3.20. The summed E-state index contributed by atoms with van der Waals surface area (Å²) in [5, 5.41) is 10.6. The number of aromatic amines is 1. The quantitative estimate of drug-likeness (QED) is 0.583. The number of ether oxygens (including phenoxy) is 1. The number of benzene rings is 2. The summed E-state index contributed by atoms with van der Waals surface area (Å²) in [6.45, 7) is 2.58. The standard InChI is InChI=1S/C20H22N4O2S/c1-3-14-7-9-16(10-8-14)19-22-20(24-23-19)27-13-18(25)21-12-15-5-4-6-17(11-15)26-2/h4-11H,3,12-13H2,1-2H3,(H,21,25)(H,22,23,24). The number of aromatic nitrogens is 3. The van der Waals surface area contributed by atoms with Crippen molar-refractivity contribution in [3.05, 3.63) is 59.7 Å². The maximum absolute atomic E-state index is 12.1. The molecule has 1 aromatic heterocycles. The van der Waals surface area contributed by atoms with Gasteiger partial charge in [0.05, 0.1) is 12.9 Å². The van der Waals surface area contributed by atoms with Crippen LogP contribution in [0.15, 0.2) is 53.7 Å². The minimum Gasteiger partial charge on any atom is -0.497 e. The second-order valence-electron chi connectivity index (χ2n) is 5.93. The molecule has 0 fully saturated rings. The summed E-state index contributed by atoms with van der Waals surface area (Å²) < 4.78 is 5.18. The summed E-state index contributed by atoms with van der Waals surface area (Å²) in [6.07, 6.45) is 1.00. The molecule has 0 spiro atoms. The monoisotopic (exact) mass is 382 g/mol. The number of nitrogens with one attached hydrogen (secondary N) is 2. The molecule has 6 nitrogen and oxygen atoms in total. The van der Waals surface area contributed by atoms with Crippen LogP contribution in [0.25, 0.3) is 11.4 Å². The van der Waals surface area contributed by atoms with Gasteiger partial charge >= 0.3 is 0 Å². The molecule has 7 heteroatoms. The third-order valence-corrected chi connectivity index (χ3v) is 4.90. The number of nitrogens with zero attached hydrogens (tertiary/aromatic N) is 2. The van der Waals surface area contributed by atoms with Crippen molar-refractivity contribution in [1.29, 1.82) is 0 Å². The highest BCUT2D eigenvalue weighted by Gasteiger charge is 2.09. The van der Waals surface area contributed by atoms with Crippen LogP contribution in [-0.2, 0) is 17.8 Å². The van der Waals surface area contributed by atoms with Crippen molar-refractivity contribution in [2.75, 3.05) is 12.9 Å². The maximum Gasteiger partial charge on any atom is 0.230 e. The molecule has 0 aliphatic rings. The van der Waals surface area contributed by atoms with Gasteiger partial charge in [0.25, 0.3) is 0 Å². The van der Waals surface area contributed by atoms with Gasteiger partial charge in [0.2, 0.25) is 11.1 Å². The Hall–Kier alpha value is -2.80. The van der Waals surface area contributed by atoms with Gasteiger partial charge in [-0.25, -0.2) is 4.98 Å². The fourth-order valence-corrected chi connectivity index (χ4v) is 3.13. The van der Waals surface area contributed by atoms with E-state index in [0.29, 0.717) is 17.5 Å². The highest BCUT2D eigenvalue weighted by molar-refractivity contribution is 7.99. The number of aryl methyl sites for hydroxylation is 1. The zero-order valence-electron chi connectivity index (χ0n) is 15.4. The Kier molecular flexibility index (Phi) is 6.49. The minimum absolute atomic E-state index is 0.0681. The van der Waals surface area contributed by atoms with Crippen LogP contribution in [0.3, 0.4) is 0 Å². The third-order valence-electron chi connectivity index (χ3n) is 4.06. The Morgan fingerprint density at radius 3 is 2.74 bits per heavy atom. The van der Waals surface area contributed by atoms with Gasteiger partial charge in [0, 0.05) is 12.1 Å². The highest BCUT2D eigenvalue weighted by atomic mass is 32.2. The van der Waals surface area contributed by atoms with Crippen LogP contribution in [0, 0.1) is 0 Å². The molecule has 27 heavy (non-hydrogen) atoms. The first-order chi connectivity index (χ1) is 13.2. The highest BCUT2D eigenvalue weighted by Crippen LogP contribution is 2.20. The van der Waals surface area contributed by atoms with Crippen molar-refractivity contribution in [2.45, 2.75) is 25.0 Å². The first-order valence-electron chi connectivity index (χ1n) is 8.72. The van der Waals surface area contributed by atoms with Crippen LogP contribution in [-0.4, -0.2) is 34.0 Å². The Bertz CT molecular complexity index is 893. The van der Waals surface area contributed by atoms with Crippen LogP contribution in [0.2, 0.25) is 0 Å². The van der Waals surface area contributed by atoms with E-state index in [9.17, 15) is 4.79 Å². The van der Waals surface area contributed by atoms with E-state index in [2.05, 4.69) is 39.6 Å². The van der Waals surface area contributed by atoms with Crippen molar-refractivity contribution >= 4 is 17.7 Å². The molecule has 0 radical (unpaired) electrons. The summed E-state index contributed by atoms with van der Waals surface area (Å²) in [7, 11) is 1.62. The SMILES string of the molecule is CCc1ccc(-c2nc(SCC(=O)NCc3cccc(OC)c3)n[nH]2)cc1. The number of carbonyl (C=O) groups is 1. The molecule has 0 saturated heterocycles. The molecule has 0 aliphatic carbocycles. The van der Waals surface area contributed by atoms with E-state index < -0.39 is 0 Å². The lowest BCUT2D eigenvalue weighted by atomic mass is 10.1. The molecule has 0 saturated carbocycles. The van der Waals surface area contributed by atoms with E-state index in [1.165, 1.54) is 17.3 Å². The fourth-order valence-electron chi connectivity index (χ4n) is 2.50. The van der Waals surface area contributed by atoms with Crippen molar-refractivity contribution in [1.82, 2.24) is 20.5 Å². The minimum atomic E-state index is -0.0681. The smallest absolute Gasteiger partial charge is 0.230 e. The first kappa shape index (κ1) is 19.0. The topological polar surface area (TPSA) is 79.9 Å². The average molecular weight is 382 g/mol. The zero-order valence-corrected chi connectivity index (χ0v) is 16.2. The number of amides is 1. The van der Waals surface area contributed by atoms with Gasteiger partial charge in [-0.05, 0) is 29.7 Å². The van der Waals surface area contributed by atoms with Gasteiger partial charge in [-0.2, -0.15) is 0 Å². The zero-order chi connectivity index (χ0) is 19.1. The molecule has 0 bridgehead atoms. The molecule has 2 N–H and O–H groups in total. The van der Waals surface area contributed by atoms with E-state index in [4.69, 9.17) is 4.74 Å². The van der Waals surface area contributed by atoms with Gasteiger partial charge in [-0.15, -0.1) is 5.10 Å². The van der Waals surface area contributed by atoms with Crippen LogP contribution in [0.1, 0.15) is 18.1 Å². The predicted molar refractivity (Wildman–Crippen MR) is 107 cm³/mol. The van der Waals surface area contributed by atoms with E-state index in [0.717, 1.165) is 23.3 Å². The normalized spacial score (nSPS) is 10.6. The molecule has 0 atom stereocenters. The third kappa shape index (κ3) is 5.34. The van der Waals surface area contributed by atoms with Gasteiger partial charge in [-0.3, -0.25) is 9.89 Å². The van der Waals surface area contributed by atoms with E-state index >= 15 is 0 Å². The molecule has 2 aromatic carbocycles. The second-order valence-corrected chi connectivity index (χ2v) is 6.88. The number of methoxy groups -OCH3 is 1. The van der Waals surface area contributed by atoms with Gasteiger partial charge in [0.1, 0.15) is 5.75 Å². The lowest BCUT2D eigenvalue weighted by Crippen LogP contribution is -2.24. The maximum atomic E-state index is 12.1. The Balaban J connectivity index is 1.49. The van der Waals surface area contributed by atoms with Gasteiger partial charge < -0.3 is 10.1 Å². The Labute approximate surface area is 162 Å². The largest absolute Gasteiger partial charge is 0.497 e. The van der Waals surface area contributed by atoms with E-state index in [-0.39, 0.29) is 11.7 Å². The predicted octanol–water partition coefficient (Wildman–Crippen LogP) is 3.45. The number of hydrogen-bond acceptors (Lipinski definition) is 5. The number of thioether (sulfide) groups is 1. The van der Waals surface area contributed by atoms with Crippen molar-refractivity contribution in [3.8, 4) is 17.1 Å². The van der Waals surface area contributed by atoms with E-state index in [1.54, 1.807) is 7.11 Å². The lowest BCUT2D eigenvalue weighted by molar-refractivity contribution is -0.118. The van der Waals surface area contributed by atoms with Crippen molar-refractivity contribution in [3.63, 3.8) is 0 Å². The summed E-state index contributed by atoms with van der Waals surface area (Å²) in [5.74, 6) is 1.67. The van der Waals surface area contributed by atoms with Crippen LogP contribution < -0.4 is 10.1 Å². The van der Waals surface area contributed by atoms with Crippen molar-refractivity contribution < 1.29 is 9.53 Å². The summed E-state index contributed by atoms with van der Waals surface area (Å²) >= 11 is 1.30. The molecule has 1 heterocycles. The van der Waals surface area contributed by atoms with Gasteiger partial charge in [0.15, 0.2) is 5.82 Å². The second kappa shape index (κ2) is 9.23. The first-order valence-corrected chi connectivity index (χ1v) is 9.70. The van der Waals surface area contributed by atoms with Crippen LogP contribution in [0.5, 0.6) is 5.75 Å². The molecule has 3 rings (SSSR count). The molecular formula is C20H22N4O2S. The summed E-state index contributed by atoms with van der Waals surface area (Å²) in [5.41, 5.74) is 3.25. The lowest BCUT2D eigenvalue weighted by Gasteiger charge is -2.06. The van der Waals surface area contributed by atoms with Crippen LogP contribution in [0.4, 0.5) is 0 Å². The fraction of sp³-hybridized carbons (Fsp3) is 0.250. The number of carbonyl (C=O) groups excluding carboxylic acids is 1. The summed E-state index contributed by atoms with van der Waals surface area (Å²) in [4.78, 5) is 16.5. The molecule has 140 valence electrons. The Morgan fingerprint density at radius 2 is 2.00 bits per heavy atom. The van der Waals surface area contributed by atoms with Crippen molar-refractivity contribution in [2.24, 2.45) is 0 Å². The molecular weight excluding hydrogens is 360 g/mol. The Morgan fingerprint density at radius 1 is 1.19 bits per heavy atom. The number of rotatable bonds is 8. The summed E-state index contributed by atoms with van der Waals surface area (Å²) in [6, 6.07) is 15.8. The van der Waals surface area contributed by atoms with Gasteiger partial charge in [-0.1, -0.05) is 55.1 Å². The molecule has 3 aromatic rings. The molecule has 1 amide bonds. The number of H-pyrrole nitrogens is 1.